The Morgan fingerprint density at radius 1 is 1.39 bits per heavy atom. The van der Waals surface area contributed by atoms with Crippen LogP contribution in [0.5, 0.6) is 0 Å². The van der Waals surface area contributed by atoms with Crippen molar-refractivity contribution in [3.63, 3.8) is 0 Å². The zero-order chi connectivity index (χ0) is 13.0. The van der Waals surface area contributed by atoms with Crippen LogP contribution in [-0.4, -0.2) is 4.98 Å². The molecule has 96 valence electrons. The lowest BCUT2D eigenvalue weighted by atomic mass is 10.2. The highest BCUT2D eigenvalue weighted by Crippen LogP contribution is 2.20. The fraction of sp³-hybridized carbons (Fsp3) is 0.308. The Morgan fingerprint density at radius 3 is 2.89 bits per heavy atom. The number of hydrogen-bond donors (Lipinski definition) is 2. The lowest BCUT2D eigenvalue weighted by Gasteiger charge is -2.05. The Hall–Kier alpha value is -0.910. The van der Waals surface area contributed by atoms with Crippen LogP contribution in [0.3, 0.4) is 0 Å². The van der Waals surface area contributed by atoms with Crippen LogP contribution < -0.4 is 11.1 Å². The van der Waals surface area contributed by atoms with Crippen LogP contribution >= 0.6 is 27.3 Å². The van der Waals surface area contributed by atoms with Crippen LogP contribution in [0.15, 0.2) is 28.9 Å². The van der Waals surface area contributed by atoms with Crippen molar-refractivity contribution in [2.24, 2.45) is 0 Å². The van der Waals surface area contributed by atoms with Crippen LogP contribution in [0.1, 0.15) is 22.4 Å². The van der Waals surface area contributed by atoms with Gasteiger partial charge in [-0.15, -0.1) is 11.3 Å². The number of hydrogen-bond acceptors (Lipinski definition) is 4. The predicted molar refractivity (Wildman–Crippen MR) is 80.6 cm³/mol. The number of nitrogens with two attached hydrogens (primary N) is 1. The highest BCUT2D eigenvalue weighted by atomic mass is 79.9. The average molecular weight is 326 g/mol. The molecule has 2 aromatic rings. The zero-order valence-corrected chi connectivity index (χ0v) is 12.6. The van der Waals surface area contributed by atoms with E-state index in [2.05, 4.69) is 39.2 Å². The lowest BCUT2D eigenvalue weighted by molar-refractivity contribution is 0.690. The third-order valence-electron chi connectivity index (χ3n) is 2.62. The molecule has 1 aromatic carbocycles. The molecule has 0 saturated heterocycles. The van der Waals surface area contributed by atoms with E-state index < -0.39 is 0 Å². The summed E-state index contributed by atoms with van der Waals surface area (Å²) >= 11 is 5.16. The fourth-order valence-corrected chi connectivity index (χ4v) is 2.69. The van der Waals surface area contributed by atoms with Crippen molar-refractivity contribution in [2.75, 3.05) is 5.73 Å². The minimum absolute atomic E-state index is 0.775. The Bertz CT molecular complexity index is 525. The Balaban J connectivity index is 1.86. The third-order valence-corrected chi connectivity index (χ3v) is 4.48. The van der Waals surface area contributed by atoms with Gasteiger partial charge in [-0.05, 0) is 40.0 Å². The van der Waals surface area contributed by atoms with Gasteiger partial charge in [0.25, 0.3) is 0 Å². The number of anilines is 1. The topological polar surface area (TPSA) is 50.9 Å². The predicted octanol–water partition coefficient (Wildman–Crippen LogP) is 3.34. The molecule has 0 spiro atoms. The first-order valence-corrected chi connectivity index (χ1v) is 7.48. The molecule has 18 heavy (non-hydrogen) atoms. The van der Waals surface area contributed by atoms with Gasteiger partial charge in [-0.3, -0.25) is 0 Å². The summed E-state index contributed by atoms with van der Waals surface area (Å²) in [6.07, 6.45) is 3.01. The molecule has 0 amide bonds. The highest BCUT2D eigenvalue weighted by molar-refractivity contribution is 9.10. The largest absolute Gasteiger partial charge is 0.398 e. The molecular weight excluding hydrogens is 310 g/mol. The molecule has 0 atom stereocenters. The van der Waals surface area contributed by atoms with Gasteiger partial charge in [0.05, 0.1) is 0 Å². The Morgan fingerprint density at radius 2 is 2.22 bits per heavy atom. The number of aromatic nitrogens is 1. The molecule has 0 aliphatic heterocycles. The van der Waals surface area contributed by atoms with Gasteiger partial charge in [-0.1, -0.05) is 13.0 Å². The molecule has 0 saturated carbocycles. The first kappa shape index (κ1) is 13.5. The maximum Gasteiger partial charge on any atom is 0.107 e. The molecular formula is C13H16BrN3S. The lowest BCUT2D eigenvalue weighted by Crippen LogP contribution is -2.12. The van der Waals surface area contributed by atoms with Crippen molar-refractivity contribution in [1.29, 1.82) is 0 Å². The normalized spacial score (nSPS) is 10.8. The molecule has 0 aliphatic carbocycles. The molecule has 3 N–H and O–H groups in total. The second kappa shape index (κ2) is 6.31. The van der Waals surface area contributed by atoms with E-state index in [-0.39, 0.29) is 0 Å². The van der Waals surface area contributed by atoms with Crippen molar-refractivity contribution in [1.82, 2.24) is 10.3 Å². The van der Waals surface area contributed by atoms with Crippen LogP contribution in [0, 0.1) is 0 Å². The summed E-state index contributed by atoms with van der Waals surface area (Å²) < 4.78 is 0.943. The molecule has 0 fully saturated rings. The van der Waals surface area contributed by atoms with Crippen LogP contribution in [0.4, 0.5) is 5.69 Å². The second-order valence-corrected chi connectivity index (χ2v) is 6.09. The number of nitrogens with one attached hydrogen (secondary N) is 1. The van der Waals surface area contributed by atoms with E-state index in [0.717, 1.165) is 34.7 Å². The van der Waals surface area contributed by atoms with E-state index >= 15 is 0 Å². The quantitative estimate of drug-likeness (QED) is 0.829. The van der Waals surface area contributed by atoms with Crippen LogP contribution in [-0.2, 0) is 19.5 Å². The minimum atomic E-state index is 0.775. The van der Waals surface area contributed by atoms with Gasteiger partial charge >= 0.3 is 0 Å². The molecule has 0 aliphatic rings. The van der Waals surface area contributed by atoms with E-state index in [0.29, 0.717) is 0 Å². The molecule has 0 radical (unpaired) electrons. The van der Waals surface area contributed by atoms with E-state index in [1.807, 2.05) is 18.3 Å². The van der Waals surface area contributed by atoms with Gasteiger partial charge in [-0.2, -0.15) is 0 Å². The zero-order valence-electron chi connectivity index (χ0n) is 10.2. The first-order chi connectivity index (χ1) is 8.69. The van der Waals surface area contributed by atoms with Gasteiger partial charge in [0.15, 0.2) is 0 Å². The molecule has 5 heteroatoms. The third kappa shape index (κ3) is 3.54. The molecule has 1 heterocycles. The summed E-state index contributed by atoms with van der Waals surface area (Å²) in [7, 11) is 0. The smallest absolute Gasteiger partial charge is 0.107 e. The molecule has 2 rings (SSSR count). The van der Waals surface area contributed by atoms with Crippen molar-refractivity contribution in [3.05, 3.63) is 44.3 Å². The molecule has 0 bridgehead atoms. The Labute approximate surface area is 120 Å². The van der Waals surface area contributed by atoms with Gasteiger partial charge in [0.1, 0.15) is 5.01 Å². The monoisotopic (exact) mass is 325 g/mol. The number of halogens is 1. The van der Waals surface area contributed by atoms with E-state index in [4.69, 9.17) is 5.73 Å². The second-order valence-electron chi connectivity index (χ2n) is 4.03. The highest BCUT2D eigenvalue weighted by Gasteiger charge is 2.01. The van der Waals surface area contributed by atoms with Gasteiger partial charge in [0.2, 0.25) is 0 Å². The number of nitrogens with zero attached hydrogens (tertiary/aromatic N) is 1. The van der Waals surface area contributed by atoms with Crippen LogP contribution in [0.2, 0.25) is 0 Å². The van der Waals surface area contributed by atoms with E-state index in [9.17, 15) is 0 Å². The van der Waals surface area contributed by atoms with Gasteiger partial charge in [-0.25, -0.2) is 4.98 Å². The standard InChI is InChI=1S/C13H16BrN3S/c1-2-10-7-17-13(18-10)8-16-6-9-3-4-11(14)12(15)5-9/h3-5,7,16H,2,6,8,15H2,1H3. The number of thiazole rings is 1. The summed E-state index contributed by atoms with van der Waals surface area (Å²) in [4.78, 5) is 5.71. The first-order valence-electron chi connectivity index (χ1n) is 5.87. The molecule has 1 aromatic heterocycles. The maximum atomic E-state index is 5.84. The summed E-state index contributed by atoms with van der Waals surface area (Å²) in [5, 5.41) is 4.52. The Kier molecular flexibility index (Phi) is 4.74. The SMILES string of the molecule is CCc1cnc(CNCc2ccc(Br)c(N)c2)s1. The number of aryl methyl sites for hydroxylation is 1. The van der Waals surface area contributed by atoms with Gasteiger partial charge in [0, 0.05) is 34.3 Å². The average Bonchev–Trinajstić information content (AvgIpc) is 2.82. The van der Waals surface area contributed by atoms with Crippen molar-refractivity contribution in [3.8, 4) is 0 Å². The summed E-state index contributed by atoms with van der Waals surface area (Å²) in [5.41, 5.74) is 7.80. The molecule has 0 unspecified atom stereocenters. The molecule has 3 nitrogen and oxygen atoms in total. The maximum absolute atomic E-state index is 5.84. The fourth-order valence-electron chi connectivity index (χ4n) is 1.61. The number of nitrogen functional groups attached to an aromatic ring is 1. The van der Waals surface area contributed by atoms with E-state index in [1.54, 1.807) is 11.3 Å². The van der Waals surface area contributed by atoms with Crippen molar-refractivity contribution >= 4 is 33.0 Å². The van der Waals surface area contributed by atoms with Crippen LogP contribution in [0.25, 0.3) is 0 Å². The summed E-state index contributed by atoms with van der Waals surface area (Å²) in [6.45, 7) is 3.76. The number of benzene rings is 1. The summed E-state index contributed by atoms with van der Waals surface area (Å²) in [6, 6.07) is 6.02. The van der Waals surface area contributed by atoms with Crippen molar-refractivity contribution < 1.29 is 0 Å². The van der Waals surface area contributed by atoms with E-state index in [1.165, 1.54) is 10.4 Å². The number of rotatable bonds is 5. The minimum Gasteiger partial charge on any atom is -0.398 e. The van der Waals surface area contributed by atoms with Gasteiger partial charge < -0.3 is 11.1 Å². The summed E-state index contributed by atoms with van der Waals surface area (Å²) in [5.74, 6) is 0. The van der Waals surface area contributed by atoms with Crippen molar-refractivity contribution in [2.45, 2.75) is 26.4 Å².